The number of nitrogens with one attached hydrogen (secondary N) is 1. The summed E-state index contributed by atoms with van der Waals surface area (Å²) in [6.45, 7) is 4.67. The third kappa shape index (κ3) is 16.7. The van der Waals surface area contributed by atoms with E-state index in [4.69, 9.17) is 28.7 Å². The second kappa shape index (κ2) is 27.5. The summed E-state index contributed by atoms with van der Waals surface area (Å²) < 4.78 is 100. The van der Waals surface area contributed by atoms with Crippen LogP contribution in [0.4, 0.5) is 26.3 Å². The number of aryl methyl sites for hydroxylation is 2. The van der Waals surface area contributed by atoms with Gasteiger partial charge in [-0.2, -0.15) is 26.3 Å². The third-order valence-corrected chi connectivity index (χ3v) is 10.8. The van der Waals surface area contributed by atoms with Crippen LogP contribution >= 0.6 is 0 Å². The second-order valence-corrected chi connectivity index (χ2v) is 16.0. The minimum absolute atomic E-state index is 0. The van der Waals surface area contributed by atoms with Gasteiger partial charge in [0, 0.05) is 44.1 Å². The Kier molecular flexibility index (Phi) is 22.9. The third-order valence-electron chi connectivity index (χ3n) is 10.8. The zero-order chi connectivity index (χ0) is 50.3. The van der Waals surface area contributed by atoms with E-state index in [2.05, 4.69) is 15.6 Å². The standard InChI is InChI=1S/C25H27F3N2O5.C24H25F3N2O5.CH4.Na.H/c1-3-7-18-20(12-11-19-23(18)35-29-24(19)25(26,27)28)34-13-6-10-21(31)30(2)15-17-9-5-4-8-16(17)14-22(32)33;1-2-6-17-19(11-10-18-22(17)34-29-23(18)24(25,26)27)33-12-5-9-20(30)28-14-16-8-4-3-7-15(16)13-21(31)32;;;/h4-5,8-9,11-12H,3,6-7,10,13-15H2,1-2H3,(H,32,33);3-4,7-8,10-11H,2,5-6,9,12-14H2,1H3,(H,28,30)(H,31,32);1H4;;/q;;;+1;-1. The number of aromatic nitrogens is 2. The summed E-state index contributed by atoms with van der Waals surface area (Å²) in [5.74, 6) is -1.42. The molecule has 3 N–H and O–H groups in total. The molecule has 21 heteroatoms. The molecule has 0 saturated heterocycles. The summed E-state index contributed by atoms with van der Waals surface area (Å²) >= 11 is 0. The average Bonchev–Trinajstić information content (AvgIpc) is 3.94. The van der Waals surface area contributed by atoms with Gasteiger partial charge in [0.05, 0.1) is 36.8 Å². The Labute approximate surface area is 429 Å². The predicted octanol–water partition coefficient (Wildman–Crippen LogP) is 7.90. The summed E-state index contributed by atoms with van der Waals surface area (Å²) in [4.78, 5) is 48.3. The van der Waals surface area contributed by atoms with E-state index in [1.165, 1.54) is 29.2 Å². The Morgan fingerprint density at radius 1 is 0.662 bits per heavy atom. The number of hydrogen-bond donors (Lipinski definition) is 3. The van der Waals surface area contributed by atoms with E-state index in [1.54, 1.807) is 55.6 Å². The number of rotatable bonds is 22. The van der Waals surface area contributed by atoms with E-state index in [9.17, 15) is 45.5 Å². The molecular formula is C50H57F6N4NaO10. The quantitative estimate of drug-likeness (QED) is 0.0339. The largest absolute Gasteiger partial charge is 1.00 e. The first-order valence-electron chi connectivity index (χ1n) is 22.1. The van der Waals surface area contributed by atoms with Crippen LogP contribution in [-0.4, -0.2) is 69.4 Å². The molecule has 2 amide bonds. The molecular weight excluding hydrogens is 954 g/mol. The van der Waals surface area contributed by atoms with E-state index in [0.29, 0.717) is 72.3 Å². The zero-order valence-electron chi connectivity index (χ0n) is 40.1. The molecule has 0 aliphatic carbocycles. The molecule has 0 fully saturated rings. The Morgan fingerprint density at radius 3 is 1.52 bits per heavy atom. The maximum absolute atomic E-state index is 13.2. The van der Waals surface area contributed by atoms with Crippen molar-refractivity contribution in [1.82, 2.24) is 20.5 Å². The van der Waals surface area contributed by atoms with Gasteiger partial charge in [-0.1, -0.05) is 93.0 Å². The van der Waals surface area contributed by atoms with Crippen molar-refractivity contribution in [3.8, 4) is 11.5 Å². The molecule has 6 aromatic rings. The minimum Gasteiger partial charge on any atom is -1.00 e. The van der Waals surface area contributed by atoms with Gasteiger partial charge >= 0.3 is 53.8 Å². The molecule has 2 heterocycles. The van der Waals surface area contributed by atoms with Gasteiger partial charge in [0.15, 0.2) is 22.6 Å². The first-order chi connectivity index (χ1) is 32.8. The van der Waals surface area contributed by atoms with Crippen molar-refractivity contribution in [2.24, 2.45) is 0 Å². The number of amides is 2. The minimum atomic E-state index is -4.61. The summed E-state index contributed by atoms with van der Waals surface area (Å²) in [6.07, 6.45) is -6.07. The number of ether oxygens (including phenoxy) is 2. The maximum atomic E-state index is 13.2. The van der Waals surface area contributed by atoms with Crippen molar-refractivity contribution in [2.45, 2.75) is 111 Å². The van der Waals surface area contributed by atoms with Crippen LogP contribution < -0.4 is 44.3 Å². The number of carbonyl (C=O) groups excluding carboxylic acids is 2. The number of aliphatic carboxylic acids is 2. The Bertz CT molecular complexity index is 2730. The molecule has 4 aromatic carbocycles. The molecule has 0 radical (unpaired) electrons. The first-order valence-corrected chi connectivity index (χ1v) is 22.1. The molecule has 0 unspecified atom stereocenters. The van der Waals surface area contributed by atoms with Crippen LogP contribution in [0.5, 0.6) is 11.5 Å². The summed E-state index contributed by atoms with van der Waals surface area (Å²) in [6, 6.07) is 19.6. The molecule has 0 spiro atoms. The van der Waals surface area contributed by atoms with Crippen molar-refractivity contribution >= 4 is 45.7 Å². The molecule has 6 rings (SSSR count). The molecule has 14 nitrogen and oxygen atoms in total. The van der Waals surface area contributed by atoms with E-state index in [-0.39, 0.29) is 124 Å². The maximum Gasteiger partial charge on any atom is 1.00 e. The predicted molar refractivity (Wildman–Crippen MR) is 247 cm³/mol. The Balaban J connectivity index is 0.000000474. The number of hydrogen-bond acceptors (Lipinski definition) is 10. The molecule has 0 saturated carbocycles. The Morgan fingerprint density at radius 2 is 1.08 bits per heavy atom. The number of fused-ring (bicyclic) bond motifs is 2. The fraction of sp³-hybridized carbons (Fsp3) is 0.400. The van der Waals surface area contributed by atoms with Gasteiger partial charge in [0.2, 0.25) is 11.8 Å². The molecule has 2 aromatic heterocycles. The number of carbonyl (C=O) groups is 4. The zero-order valence-corrected chi connectivity index (χ0v) is 41.1. The van der Waals surface area contributed by atoms with Crippen molar-refractivity contribution in [3.05, 3.63) is 118 Å². The SMILES string of the molecule is C.CCCc1c(OCCCC(=O)N(C)Cc2ccccc2CC(=O)O)ccc2c(C(F)(F)F)noc12.CCCc1c(OCCCC(=O)NCc2ccccc2CC(=O)O)ccc2c(C(F)(F)F)noc12.[H-].[Na+]. The van der Waals surface area contributed by atoms with Gasteiger partial charge in [-0.3, -0.25) is 19.2 Å². The monoisotopic (exact) mass is 1010 g/mol. The van der Waals surface area contributed by atoms with Crippen LogP contribution in [0.3, 0.4) is 0 Å². The van der Waals surface area contributed by atoms with Gasteiger partial charge in [0.1, 0.15) is 11.5 Å². The van der Waals surface area contributed by atoms with Crippen molar-refractivity contribution in [1.29, 1.82) is 0 Å². The molecule has 0 aliphatic rings. The van der Waals surface area contributed by atoms with Gasteiger partial charge in [-0.05, 0) is 72.2 Å². The van der Waals surface area contributed by atoms with Gasteiger partial charge < -0.3 is 40.4 Å². The van der Waals surface area contributed by atoms with E-state index < -0.39 is 35.7 Å². The van der Waals surface area contributed by atoms with Crippen LogP contribution in [0, 0.1) is 0 Å². The van der Waals surface area contributed by atoms with Crippen molar-refractivity contribution in [3.63, 3.8) is 0 Å². The fourth-order valence-corrected chi connectivity index (χ4v) is 7.48. The molecule has 0 bridgehead atoms. The van der Waals surface area contributed by atoms with E-state index >= 15 is 0 Å². The number of carboxylic acid groups (broad SMARTS) is 2. The van der Waals surface area contributed by atoms with Gasteiger partial charge in [0.25, 0.3) is 0 Å². The van der Waals surface area contributed by atoms with E-state index in [1.807, 2.05) is 13.8 Å². The van der Waals surface area contributed by atoms with E-state index in [0.717, 1.165) is 11.1 Å². The number of nitrogens with zero attached hydrogens (tertiary/aromatic N) is 3. The van der Waals surface area contributed by atoms with Crippen LogP contribution in [-0.2, 0) is 70.3 Å². The first kappa shape index (κ1) is 59.2. The Hall–Kier alpha value is -6.12. The molecule has 71 heavy (non-hydrogen) atoms. The topological polar surface area (TPSA) is 195 Å². The number of benzene rings is 4. The van der Waals surface area contributed by atoms with Crippen molar-refractivity contribution < 1.29 is 105 Å². The number of halogens is 6. The van der Waals surface area contributed by atoms with Crippen LogP contribution in [0.15, 0.2) is 81.8 Å². The summed E-state index contributed by atoms with van der Waals surface area (Å²) in [5, 5.41) is 27.0. The van der Waals surface area contributed by atoms with Gasteiger partial charge in [-0.25, -0.2) is 0 Å². The van der Waals surface area contributed by atoms with Crippen LogP contribution in [0.1, 0.15) is 106 Å². The van der Waals surface area contributed by atoms with Gasteiger partial charge in [-0.15, -0.1) is 0 Å². The van der Waals surface area contributed by atoms with Crippen LogP contribution in [0.2, 0.25) is 0 Å². The number of carboxylic acids is 2. The molecule has 380 valence electrons. The number of alkyl halides is 6. The van der Waals surface area contributed by atoms with Crippen LogP contribution in [0.25, 0.3) is 21.9 Å². The fourth-order valence-electron chi connectivity index (χ4n) is 7.48. The normalized spacial score (nSPS) is 11.2. The molecule has 0 aliphatic heterocycles. The summed E-state index contributed by atoms with van der Waals surface area (Å²) in [7, 11) is 1.65. The molecule has 0 atom stereocenters. The summed E-state index contributed by atoms with van der Waals surface area (Å²) in [5.41, 5.74) is 1.83. The smallest absolute Gasteiger partial charge is 1.00 e. The second-order valence-electron chi connectivity index (χ2n) is 16.0. The average molecular weight is 1010 g/mol. The van der Waals surface area contributed by atoms with Crippen molar-refractivity contribution in [2.75, 3.05) is 20.3 Å².